The lowest BCUT2D eigenvalue weighted by Crippen LogP contribution is -2.28. The van der Waals surface area contributed by atoms with Crippen molar-refractivity contribution in [2.45, 2.75) is 32.6 Å². The quantitative estimate of drug-likeness (QED) is 0.863. The van der Waals surface area contributed by atoms with E-state index in [9.17, 15) is 0 Å². The van der Waals surface area contributed by atoms with Crippen LogP contribution in [0.25, 0.3) is 6.20 Å². The SMILES string of the molecule is CCCCCc1cccc2c1=Nc1cccnc1NC=2. The summed E-state index contributed by atoms with van der Waals surface area (Å²) in [6.07, 6.45) is 8.60. The van der Waals surface area contributed by atoms with E-state index in [4.69, 9.17) is 4.99 Å². The number of nitrogens with zero attached hydrogens (tertiary/aromatic N) is 2. The third-order valence-electron chi connectivity index (χ3n) is 3.58. The predicted molar refractivity (Wildman–Crippen MR) is 82.4 cm³/mol. The zero-order valence-corrected chi connectivity index (χ0v) is 11.8. The molecule has 0 unspecified atom stereocenters. The van der Waals surface area contributed by atoms with Gasteiger partial charge in [0.1, 0.15) is 5.69 Å². The van der Waals surface area contributed by atoms with Gasteiger partial charge in [-0.2, -0.15) is 0 Å². The van der Waals surface area contributed by atoms with Crippen molar-refractivity contribution in [3.63, 3.8) is 0 Å². The highest BCUT2D eigenvalue weighted by Crippen LogP contribution is 2.21. The van der Waals surface area contributed by atoms with Gasteiger partial charge in [-0.3, -0.25) is 0 Å². The van der Waals surface area contributed by atoms with Crippen LogP contribution < -0.4 is 15.9 Å². The van der Waals surface area contributed by atoms with Gasteiger partial charge < -0.3 is 5.32 Å². The largest absolute Gasteiger partial charge is 0.344 e. The Morgan fingerprint density at radius 2 is 2.05 bits per heavy atom. The number of para-hydroxylation sites is 1. The van der Waals surface area contributed by atoms with E-state index in [2.05, 4.69) is 35.4 Å². The zero-order chi connectivity index (χ0) is 13.8. The molecule has 0 aliphatic carbocycles. The first kappa shape index (κ1) is 12.9. The molecule has 1 aliphatic heterocycles. The predicted octanol–water partition coefficient (Wildman–Crippen LogP) is 2.93. The molecule has 0 saturated carbocycles. The molecule has 1 aromatic carbocycles. The fourth-order valence-corrected chi connectivity index (χ4v) is 2.50. The topological polar surface area (TPSA) is 37.3 Å². The number of anilines is 1. The molecule has 3 nitrogen and oxygen atoms in total. The fourth-order valence-electron chi connectivity index (χ4n) is 2.50. The van der Waals surface area contributed by atoms with E-state index in [1.807, 2.05) is 18.3 Å². The molecule has 102 valence electrons. The minimum atomic E-state index is 0.822. The molecule has 0 bridgehead atoms. The normalized spacial score (nSPS) is 12.2. The van der Waals surface area contributed by atoms with Crippen LogP contribution in [0.3, 0.4) is 0 Å². The third kappa shape index (κ3) is 2.57. The van der Waals surface area contributed by atoms with Crippen molar-refractivity contribution >= 4 is 17.7 Å². The van der Waals surface area contributed by atoms with Gasteiger partial charge in [0.05, 0.1) is 5.36 Å². The zero-order valence-electron chi connectivity index (χ0n) is 11.8. The second-order valence-electron chi connectivity index (χ2n) is 5.08. The molecule has 1 aliphatic rings. The van der Waals surface area contributed by atoms with E-state index in [1.165, 1.54) is 24.8 Å². The molecule has 0 saturated heterocycles. The van der Waals surface area contributed by atoms with Crippen LogP contribution in [-0.4, -0.2) is 4.98 Å². The van der Waals surface area contributed by atoms with Crippen molar-refractivity contribution in [2.75, 3.05) is 5.32 Å². The molecular weight excluding hydrogens is 246 g/mol. The van der Waals surface area contributed by atoms with E-state index in [-0.39, 0.29) is 0 Å². The lowest BCUT2D eigenvalue weighted by molar-refractivity contribution is 0.714. The molecule has 20 heavy (non-hydrogen) atoms. The van der Waals surface area contributed by atoms with Crippen molar-refractivity contribution in [3.05, 3.63) is 52.7 Å². The number of aromatic nitrogens is 1. The minimum Gasteiger partial charge on any atom is -0.344 e. The van der Waals surface area contributed by atoms with Crippen LogP contribution in [0, 0.1) is 0 Å². The molecule has 0 amide bonds. The highest BCUT2D eigenvalue weighted by atomic mass is 15.0. The van der Waals surface area contributed by atoms with Gasteiger partial charge in [0.2, 0.25) is 0 Å². The lowest BCUT2D eigenvalue weighted by Gasteiger charge is -2.02. The molecular formula is C17H19N3. The number of fused-ring (bicyclic) bond motifs is 2. The van der Waals surface area contributed by atoms with Crippen LogP contribution in [0.4, 0.5) is 11.5 Å². The summed E-state index contributed by atoms with van der Waals surface area (Å²) in [5, 5.41) is 5.47. The Hall–Kier alpha value is -2.16. The maximum atomic E-state index is 4.83. The highest BCUT2D eigenvalue weighted by Gasteiger charge is 2.06. The molecule has 0 fully saturated rings. The summed E-state index contributed by atoms with van der Waals surface area (Å²) in [7, 11) is 0. The lowest BCUT2D eigenvalue weighted by atomic mass is 10.1. The van der Waals surface area contributed by atoms with E-state index in [0.717, 1.165) is 28.5 Å². The van der Waals surface area contributed by atoms with Crippen LogP contribution in [-0.2, 0) is 6.42 Å². The summed E-state index contributed by atoms with van der Waals surface area (Å²) in [6.45, 7) is 2.23. The van der Waals surface area contributed by atoms with E-state index >= 15 is 0 Å². The van der Waals surface area contributed by atoms with E-state index in [1.54, 1.807) is 6.20 Å². The van der Waals surface area contributed by atoms with Gasteiger partial charge in [-0.25, -0.2) is 9.98 Å². The molecule has 2 heterocycles. The van der Waals surface area contributed by atoms with Crippen LogP contribution in [0.2, 0.25) is 0 Å². The first-order chi connectivity index (χ1) is 9.88. The van der Waals surface area contributed by atoms with Crippen molar-refractivity contribution in [1.29, 1.82) is 0 Å². The van der Waals surface area contributed by atoms with Crippen molar-refractivity contribution in [2.24, 2.45) is 4.99 Å². The van der Waals surface area contributed by atoms with Crippen molar-refractivity contribution in [1.82, 2.24) is 4.98 Å². The molecule has 1 N–H and O–H groups in total. The second-order valence-corrected chi connectivity index (χ2v) is 5.08. The number of benzene rings is 1. The van der Waals surface area contributed by atoms with Gasteiger partial charge in [-0.05, 0) is 30.5 Å². The maximum Gasteiger partial charge on any atom is 0.155 e. The maximum absolute atomic E-state index is 4.83. The standard InChI is InChI=1S/C17H19N3/c1-2-3-4-7-13-8-5-9-14-12-19-17-15(20-16(13)14)10-6-11-18-17/h5-6,8-12H,2-4,7H2,1H3,(H,18,19). The highest BCUT2D eigenvalue weighted by molar-refractivity contribution is 5.66. The number of pyridine rings is 1. The average Bonchev–Trinajstić information content (AvgIpc) is 2.67. The first-order valence-electron chi connectivity index (χ1n) is 7.27. The molecule has 1 aromatic heterocycles. The van der Waals surface area contributed by atoms with Crippen LogP contribution >= 0.6 is 0 Å². The second kappa shape index (κ2) is 5.87. The van der Waals surface area contributed by atoms with Crippen molar-refractivity contribution < 1.29 is 0 Å². The van der Waals surface area contributed by atoms with E-state index in [0.29, 0.717) is 0 Å². The number of rotatable bonds is 4. The summed E-state index contributed by atoms with van der Waals surface area (Å²) in [5.74, 6) is 0.822. The average molecular weight is 265 g/mol. The summed E-state index contributed by atoms with van der Waals surface area (Å²) >= 11 is 0. The number of unbranched alkanes of at least 4 members (excludes halogenated alkanes) is 2. The minimum absolute atomic E-state index is 0.822. The molecule has 0 spiro atoms. The Morgan fingerprint density at radius 3 is 2.95 bits per heavy atom. The Kier molecular flexibility index (Phi) is 3.77. The molecule has 0 radical (unpaired) electrons. The van der Waals surface area contributed by atoms with Gasteiger partial charge in [0, 0.05) is 17.6 Å². The van der Waals surface area contributed by atoms with Gasteiger partial charge in [0.25, 0.3) is 0 Å². The smallest absolute Gasteiger partial charge is 0.155 e. The number of aryl methyl sites for hydroxylation is 1. The Morgan fingerprint density at radius 1 is 1.10 bits per heavy atom. The van der Waals surface area contributed by atoms with Crippen LogP contribution in [0.15, 0.2) is 41.5 Å². The summed E-state index contributed by atoms with van der Waals surface area (Å²) in [5.41, 5.74) is 2.23. The van der Waals surface area contributed by atoms with Crippen molar-refractivity contribution in [3.8, 4) is 0 Å². The Labute approximate surface area is 119 Å². The van der Waals surface area contributed by atoms with Gasteiger partial charge in [0.15, 0.2) is 5.82 Å². The Balaban J connectivity index is 2.08. The summed E-state index contributed by atoms with van der Waals surface area (Å²) < 4.78 is 0. The number of nitrogens with one attached hydrogen (secondary N) is 1. The van der Waals surface area contributed by atoms with Gasteiger partial charge >= 0.3 is 0 Å². The molecule has 3 rings (SSSR count). The third-order valence-corrected chi connectivity index (χ3v) is 3.58. The number of hydrogen-bond acceptors (Lipinski definition) is 3. The first-order valence-corrected chi connectivity index (χ1v) is 7.27. The molecule has 3 heteroatoms. The molecule has 2 aromatic rings. The van der Waals surface area contributed by atoms with Gasteiger partial charge in [-0.1, -0.05) is 38.0 Å². The fraction of sp³-hybridized carbons (Fsp3) is 0.294. The van der Waals surface area contributed by atoms with Crippen LogP contribution in [0.5, 0.6) is 0 Å². The molecule has 0 atom stereocenters. The van der Waals surface area contributed by atoms with Gasteiger partial charge in [-0.15, -0.1) is 0 Å². The van der Waals surface area contributed by atoms with E-state index < -0.39 is 0 Å². The Bertz CT molecular complexity index is 719. The van der Waals surface area contributed by atoms with Crippen LogP contribution in [0.1, 0.15) is 31.7 Å². The summed E-state index contributed by atoms with van der Waals surface area (Å²) in [6, 6.07) is 10.3. The summed E-state index contributed by atoms with van der Waals surface area (Å²) in [4.78, 5) is 9.16. The monoisotopic (exact) mass is 265 g/mol. The number of hydrogen-bond donors (Lipinski definition) is 1.